The number of epoxide rings is 1. The van der Waals surface area contributed by atoms with Gasteiger partial charge in [-0.3, -0.25) is 4.79 Å². The van der Waals surface area contributed by atoms with Crippen molar-refractivity contribution in [2.45, 2.75) is 45.2 Å². The molecule has 0 N–H and O–H groups in total. The molecule has 0 spiro atoms. The predicted molar refractivity (Wildman–Crippen MR) is 53.5 cm³/mol. The molecule has 0 aromatic rings. The molecule has 4 unspecified atom stereocenters. The van der Waals surface area contributed by atoms with E-state index in [-0.39, 0.29) is 18.2 Å². The van der Waals surface area contributed by atoms with Gasteiger partial charge in [-0.25, -0.2) is 4.79 Å². The molecule has 0 aromatic carbocycles. The van der Waals surface area contributed by atoms with Gasteiger partial charge in [0, 0.05) is 6.92 Å². The fourth-order valence-electron chi connectivity index (χ4n) is 1.73. The van der Waals surface area contributed by atoms with Gasteiger partial charge in [-0.15, -0.1) is 0 Å². The van der Waals surface area contributed by atoms with Gasteiger partial charge in [0.25, 0.3) is 0 Å². The van der Waals surface area contributed by atoms with Crippen molar-refractivity contribution in [2.75, 3.05) is 0 Å². The summed E-state index contributed by atoms with van der Waals surface area (Å²) in [6.45, 7) is 4.89. The summed E-state index contributed by atoms with van der Waals surface area (Å²) in [4.78, 5) is 22.4. The van der Waals surface area contributed by atoms with Crippen molar-refractivity contribution in [1.29, 1.82) is 0 Å². The van der Waals surface area contributed by atoms with Crippen LogP contribution in [0.4, 0.5) is 0 Å². The molecule has 0 amide bonds. The molecule has 88 valence electrons. The second-order valence-electron chi connectivity index (χ2n) is 4.07. The minimum Gasteiger partial charge on any atom is -0.455 e. The summed E-state index contributed by atoms with van der Waals surface area (Å²) in [6.07, 6.45) is 0.491. The molecule has 0 saturated carbocycles. The normalized spacial score (nSPS) is 37.4. The standard InChI is InChI=1S/C11H14O5/c1-5-9(16-7(3)12)4-8(11(13)15-5)10-6(2)14-10/h4-6,9-10H,1-3H3. The lowest BCUT2D eigenvalue weighted by atomic mass is 10.0. The molecule has 0 radical (unpaired) electrons. The van der Waals surface area contributed by atoms with Gasteiger partial charge in [0.1, 0.15) is 12.2 Å². The molecule has 0 aromatic heterocycles. The summed E-state index contributed by atoms with van der Waals surface area (Å²) in [6, 6.07) is 0. The predicted octanol–water partition coefficient (Wildman–Crippen LogP) is 0.577. The quantitative estimate of drug-likeness (QED) is 0.509. The van der Waals surface area contributed by atoms with Crippen LogP contribution in [0.2, 0.25) is 0 Å². The summed E-state index contributed by atoms with van der Waals surface area (Å²) in [5, 5.41) is 0. The van der Waals surface area contributed by atoms with Crippen molar-refractivity contribution < 1.29 is 23.8 Å². The number of ether oxygens (including phenoxy) is 3. The van der Waals surface area contributed by atoms with Crippen molar-refractivity contribution in [2.24, 2.45) is 0 Å². The minimum atomic E-state index is -0.512. The molecule has 4 atom stereocenters. The zero-order valence-corrected chi connectivity index (χ0v) is 9.43. The highest BCUT2D eigenvalue weighted by Crippen LogP contribution is 2.32. The maximum absolute atomic E-state index is 11.6. The lowest BCUT2D eigenvalue weighted by Gasteiger charge is -2.26. The first-order valence-electron chi connectivity index (χ1n) is 5.24. The van der Waals surface area contributed by atoms with Gasteiger partial charge in [-0.1, -0.05) is 0 Å². The van der Waals surface area contributed by atoms with E-state index in [2.05, 4.69) is 0 Å². The molecular formula is C11H14O5. The van der Waals surface area contributed by atoms with E-state index in [0.717, 1.165) is 0 Å². The van der Waals surface area contributed by atoms with E-state index >= 15 is 0 Å². The summed E-state index contributed by atoms with van der Waals surface area (Å²) < 4.78 is 15.4. The van der Waals surface area contributed by atoms with Crippen LogP contribution in [0.15, 0.2) is 11.6 Å². The van der Waals surface area contributed by atoms with Crippen LogP contribution in [0.5, 0.6) is 0 Å². The van der Waals surface area contributed by atoms with Crippen LogP contribution >= 0.6 is 0 Å². The molecule has 5 heteroatoms. The first-order chi connectivity index (χ1) is 7.49. The lowest BCUT2D eigenvalue weighted by molar-refractivity contribution is -0.162. The number of carbonyl (C=O) groups is 2. The third kappa shape index (κ3) is 2.09. The van der Waals surface area contributed by atoms with E-state index in [4.69, 9.17) is 14.2 Å². The number of hydrogen-bond donors (Lipinski definition) is 0. The third-order valence-electron chi connectivity index (χ3n) is 2.65. The Kier molecular flexibility index (Phi) is 2.71. The van der Waals surface area contributed by atoms with Crippen LogP contribution in [-0.4, -0.2) is 36.4 Å². The summed E-state index contributed by atoms with van der Waals surface area (Å²) in [5.74, 6) is -0.777. The van der Waals surface area contributed by atoms with Gasteiger partial charge < -0.3 is 14.2 Å². The van der Waals surface area contributed by atoms with Crippen molar-refractivity contribution in [1.82, 2.24) is 0 Å². The summed E-state index contributed by atoms with van der Waals surface area (Å²) >= 11 is 0. The molecular weight excluding hydrogens is 212 g/mol. The van der Waals surface area contributed by atoms with E-state index in [9.17, 15) is 9.59 Å². The van der Waals surface area contributed by atoms with E-state index < -0.39 is 18.2 Å². The van der Waals surface area contributed by atoms with Gasteiger partial charge in [-0.05, 0) is 19.9 Å². The molecule has 2 rings (SSSR count). The van der Waals surface area contributed by atoms with E-state index in [0.29, 0.717) is 5.57 Å². The van der Waals surface area contributed by atoms with Crippen LogP contribution in [0, 0.1) is 0 Å². The summed E-state index contributed by atoms with van der Waals surface area (Å²) in [5.41, 5.74) is 0.455. The van der Waals surface area contributed by atoms with E-state index in [1.807, 2.05) is 6.92 Å². The number of carbonyl (C=O) groups excluding carboxylic acids is 2. The second-order valence-corrected chi connectivity index (χ2v) is 4.07. The summed E-state index contributed by atoms with van der Waals surface area (Å²) in [7, 11) is 0. The van der Waals surface area contributed by atoms with Gasteiger partial charge in [0.05, 0.1) is 11.7 Å². The van der Waals surface area contributed by atoms with E-state index in [1.54, 1.807) is 13.0 Å². The smallest absolute Gasteiger partial charge is 0.336 e. The third-order valence-corrected chi connectivity index (χ3v) is 2.65. The van der Waals surface area contributed by atoms with Crippen LogP contribution in [-0.2, 0) is 23.8 Å². The molecule has 1 saturated heterocycles. The van der Waals surface area contributed by atoms with Gasteiger partial charge in [0.15, 0.2) is 6.10 Å². The highest BCUT2D eigenvalue weighted by molar-refractivity contribution is 5.91. The average molecular weight is 226 g/mol. The zero-order valence-electron chi connectivity index (χ0n) is 9.43. The number of hydrogen-bond acceptors (Lipinski definition) is 5. The Morgan fingerprint density at radius 1 is 1.38 bits per heavy atom. The number of cyclic esters (lactones) is 1. The Hall–Kier alpha value is -1.36. The average Bonchev–Trinajstić information content (AvgIpc) is 2.87. The Morgan fingerprint density at radius 3 is 2.50 bits per heavy atom. The molecule has 0 aliphatic carbocycles. The highest BCUT2D eigenvalue weighted by atomic mass is 16.6. The zero-order chi connectivity index (χ0) is 11.9. The molecule has 16 heavy (non-hydrogen) atoms. The Morgan fingerprint density at radius 2 is 2.00 bits per heavy atom. The highest BCUT2D eigenvalue weighted by Gasteiger charge is 2.44. The molecule has 5 nitrogen and oxygen atoms in total. The van der Waals surface area contributed by atoms with Gasteiger partial charge in [0.2, 0.25) is 0 Å². The second kappa shape index (κ2) is 3.90. The van der Waals surface area contributed by atoms with Crippen LogP contribution in [0.25, 0.3) is 0 Å². The number of esters is 2. The van der Waals surface area contributed by atoms with Crippen LogP contribution < -0.4 is 0 Å². The van der Waals surface area contributed by atoms with Crippen molar-refractivity contribution in [3.8, 4) is 0 Å². The number of rotatable bonds is 2. The molecule has 2 heterocycles. The SMILES string of the molecule is CC(=O)OC1C=C(C2OC2C)C(=O)OC1C. The molecule has 1 fully saturated rings. The molecule has 0 bridgehead atoms. The topological polar surface area (TPSA) is 65.1 Å². The molecule has 2 aliphatic rings. The fourth-order valence-corrected chi connectivity index (χ4v) is 1.73. The van der Waals surface area contributed by atoms with Gasteiger partial charge in [-0.2, -0.15) is 0 Å². The fraction of sp³-hybridized carbons (Fsp3) is 0.636. The van der Waals surface area contributed by atoms with Crippen molar-refractivity contribution >= 4 is 11.9 Å². The Bertz CT molecular complexity index is 359. The first kappa shape index (κ1) is 11.1. The Labute approximate surface area is 93.4 Å². The largest absolute Gasteiger partial charge is 0.455 e. The van der Waals surface area contributed by atoms with Crippen LogP contribution in [0.1, 0.15) is 20.8 Å². The van der Waals surface area contributed by atoms with Crippen LogP contribution in [0.3, 0.4) is 0 Å². The Balaban J connectivity index is 2.15. The van der Waals surface area contributed by atoms with Gasteiger partial charge >= 0.3 is 11.9 Å². The van der Waals surface area contributed by atoms with Crippen molar-refractivity contribution in [3.05, 3.63) is 11.6 Å². The maximum atomic E-state index is 11.6. The maximum Gasteiger partial charge on any atom is 0.336 e. The van der Waals surface area contributed by atoms with E-state index in [1.165, 1.54) is 6.92 Å². The lowest BCUT2D eigenvalue weighted by Crippen LogP contribution is -2.37. The van der Waals surface area contributed by atoms with Crippen molar-refractivity contribution in [3.63, 3.8) is 0 Å². The molecule has 2 aliphatic heterocycles. The monoisotopic (exact) mass is 226 g/mol. The minimum absolute atomic E-state index is 0.0326. The first-order valence-corrected chi connectivity index (χ1v) is 5.24.